The first-order valence-electron chi connectivity index (χ1n) is 3.67. The molecule has 9 heavy (non-hydrogen) atoms. The Kier molecular flexibility index (Phi) is 1.01. The lowest BCUT2D eigenvalue weighted by molar-refractivity contribution is 0.563. The topological polar surface area (TPSA) is 15.4 Å². The lowest BCUT2D eigenvalue weighted by Gasteiger charge is -1.94. The number of hydrogen-bond donors (Lipinski definition) is 0. The molecule has 0 N–H and O–H groups in total. The molecule has 0 aromatic heterocycles. The van der Waals surface area contributed by atoms with Gasteiger partial charge in [-0.2, -0.15) is 0 Å². The molecule has 0 spiro atoms. The number of hydrogen-bond acceptors (Lipinski definition) is 2. The number of amidine groups is 1. The first-order chi connectivity index (χ1) is 4.39. The van der Waals surface area contributed by atoms with E-state index in [1.165, 1.54) is 25.1 Å². The van der Waals surface area contributed by atoms with E-state index in [0.717, 1.165) is 12.6 Å². The first kappa shape index (κ1) is 5.27. The molecular weight excluding hydrogens is 112 g/mol. The summed E-state index contributed by atoms with van der Waals surface area (Å²) >= 11 is 0. The fourth-order valence-corrected chi connectivity index (χ4v) is 1.51. The van der Waals surface area contributed by atoms with E-state index in [1.807, 2.05) is 0 Å². The summed E-state index contributed by atoms with van der Waals surface area (Å²) in [6.45, 7) is 1.07. The fourth-order valence-electron chi connectivity index (χ4n) is 1.51. The van der Waals surface area contributed by atoms with Crippen molar-refractivity contribution in [3.05, 3.63) is 0 Å². The van der Waals surface area contributed by atoms with E-state index < -0.39 is 0 Å². The number of likely N-dealkylation sites (N-methyl/N-ethyl adjacent to an activating group) is 1. The van der Waals surface area contributed by atoms with Crippen LogP contribution in [0.1, 0.15) is 19.3 Å². The maximum absolute atomic E-state index is 4.42. The van der Waals surface area contributed by atoms with Gasteiger partial charge in [-0.25, -0.2) is 0 Å². The van der Waals surface area contributed by atoms with Crippen LogP contribution in [0.25, 0.3) is 0 Å². The highest BCUT2D eigenvalue weighted by Gasteiger charge is 2.38. The van der Waals surface area contributed by atoms with Gasteiger partial charge in [0.15, 0.2) is 0 Å². The van der Waals surface area contributed by atoms with Crippen molar-refractivity contribution in [3.8, 4) is 0 Å². The summed E-state index contributed by atoms with van der Waals surface area (Å²) in [5.74, 6) is 1.35. The largest absolute Gasteiger partial charge is 0.352 e. The van der Waals surface area contributed by atoms with Gasteiger partial charge >= 0.3 is 0 Å². The van der Waals surface area contributed by atoms with Crippen LogP contribution >= 0.6 is 0 Å². The summed E-state index contributed by atoms with van der Waals surface area (Å²) < 4.78 is 0. The number of aliphatic imine (C=N–C) groups is 1. The summed E-state index contributed by atoms with van der Waals surface area (Å²) in [5, 5.41) is 0. The maximum atomic E-state index is 4.42. The molecule has 1 atom stereocenters. The van der Waals surface area contributed by atoms with Gasteiger partial charge in [0.2, 0.25) is 0 Å². The average Bonchev–Trinajstić information content (AvgIpc) is 2.51. The van der Waals surface area contributed by atoms with Crippen LogP contribution in [0.15, 0.2) is 4.99 Å². The summed E-state index contributed by atoms with van der Waals surface area (Å²) in [7, 11) is 2.13. The second kappa shape index (κ2) is 1.72. The molecule has 0 radical (unpaired) electrons. The van der Waals surface area contributed by atoms with Crippen molar-refractivity contribution in [2.24, 2.45) is 4.99 Å². The van der Waals surface area contributed by atoms with Crippen molar-refractivity contribution in [2.75, 3.05) is 13.6 Å². The minimum Gasteiger partial charge on any atom is -0.352 e. The summed E-state index contributed by atoms with van der Waals surface area (Å²) in [6.07, 6.45) is 4.01. The second-order valence-electron chi connectivity index (χ2n) is 2.86. The maximum Gasteiger partial charge on any atom is 0.122 e. The normalized spacial score (nSPS) is 32.8. The Bertz CT molecular complexity index is 151. The standard InChI is InChI=1S/C7H12N2/c1-9-6-4-2-3-5-8-7(6)9/h6H,2-5H2,1H3/t6-,9?/m0/s1. The van der Waals surface area contributed by atoms with Crippen molar-refractivity contribution in [3.63, 3.8) is 0 Å². The molecule has 2 rings (SSSR count). The molecule has 0 saturated carbocycles. The molecule has 2 aliphatic heterocycles. The molecule has 2 aliphatic rings. The van der Waals surface area contributed by atoms with Gasteiger partial charge in [-0.3, -0.25) is 4.99 Å². The van der Waals surface area contributed by atoms with Gasteiger partial charge in [0.05, 0.1) is 6.04 Å². The molecular formula is C7H12N2. The van der Waals surface area contributed by atoms with Crippen LogP contribution in [0.3, 0.4) is 0 Å². The predicted octanol–water partition coefficient (Wildman–Crippen LogP) is 0.883. The molecule has 0 aliphatic carbocycles. The highest BCUT2D eigenvalue weighted by molar-refractivity contribution is 6.01. The van der Waals surface area contributed by atoms with Crippen LogP contribution in [0.4, 0.5) is 0 Å². The second-order valence-corrected chi connectivity index (χ2v) is 2.86. The van der Waals surface area contributed by atoms with Crippen LogP contribution < -0.4 is 0 Å². The predicted molar refractivity (Wildman–Crippen MR) is 37.7 cm³/mol. The van der Waals surface area contributed by atoms with Crippen molar-refractivity contribution in [1.82, 2.24) is 4.90 Å². The summed E-state index contributed by atoms with van der Waals surface area (Å²) in [4.78, 5) is 6.70. The van der Waals surface area contributed by atoms with Crippen molar-refractivity contribution >= 4 is 5.84 Å². The molecule has 0 amide bonds. The molecule has 2 heteroatoms. The third-order valence-electron chi connectivity index (χ3n) is 2.22. The third kappa shape index (κ3) is 0.732. The zero-order valence-electron chi connectivity index (χ0n) is 5.80. The smallest absolute Gasteiger partial charge is 0.122 e. The zero-order valence-corrected chi connectivity index (χ0v) is 5.80. The lowest BCUT2D eigenvalue weighted by atomic mass is 10.2. The minimum absolute atomic E-state index is 0.743. The van der Waals surface area contributed by atoms with E-state index >= 15 is 0 Å². The third-order valence-corrected chi connectivity index (χ3v) is 2.22. The van der Waals surface area contributed by atoms with E-state index in [9.17, 15) is 0 Å². The molecule has 0 bridgehead atoms. The molecule has 2 nitrogen and oxygen atoms in total. The van der Waals surface area contributed by atoms with Gasteiger partial charge in [-0.1, -0.05) is 0 Å². The Morgan fingerprint density at radius 3 is 3.33 bits per heavy atom. The molecule has 1 saturated heterocycles. The zero-order chi connectivity index (χ0) is 6.27. The molecule has 0 unspecified atom stereocenters. The van der Waals surface area contributed by atoms with Crippen LogP contribution in [0, 0.1) is 0 Å². The highest BCUT2D eigenvalue weighted by atomic mass is 15.4. The Morgan fingerprint density at radius 1 is 1.56 bits per heavy atom. The van der Waals surface area contributed by atoms with Crippen molar-refractivity contribution in [1.29, 1.82) is 0 Å². The Morgan fingerprint density at radius 2 is 2.44 bits per heavy atom. The van der Waals surface area contributed by atoms with Crippen LogP contribution in [0.5, 0.6) is 0 Å². The Labute approximate surface area is 55.6 Å². The van der Waals surface area contributed by atoms with Crippen LogP contribution in [-0.2, 0) is 0 Å². The SMILES string of the molecule is CN1C2=NCCCC[C@@H]21. The summed E-state index contributed by atoms with van der Waals surface area (Å²) in [5.41, 5.74) is 0. The van der Waals surface area contributed by atoms with Gasteiger partial charge in [0, 0.05) is 13.6 Å². The van der Waals surface area contributed by atoms with Crippen molar-refractivity contribution in [2.45, 2.75) is 25.3 Å². The molecule has 0 aromatic carbocycles. The van der Waals surface area contributed by atoms with E-state index in [1.54, 1.807) is 0 Å². The fraction of sp³-hybridized carbons (Fsp3) is 0.857. The van der Waals surface area contributed by atoms with E-state index in [0.29, 0.717) is 0 Å². The van der Waals surface area contributed by atoms with Crippen LogP contribution in [0.2, 0.25) is 0 Å². The molecule has 2 heterocycles. The minimum atomic E-state index is 0.743. The average molecular weight is 124 g/mol. The highest BCUT2D eigenvalue weighted by Crippen LogP contribution is 2.26. The van der Waals surface area contributed by atoms with E-state index in [2.05, 4.69) is 16.9 Å². The lowest BCUT2D eigenvalue weighted by Crippen LogP contribution is -1.94. The monoisotopic (exact) mass is 124 g/mol. The van der Waals surface area contributed by atoms with Gasteiger partial charge in [-0.05, 0) is 19.3 Å². The Balaban J connectivity index is 2.09. The summed E-state index contributed by atoms with van der Waals surface area (Å²) in [6, 6.07) is 0.743. The van der Waals surface area contributed by atoms with E-state index in [4.69, 9.17) is 0 Å². The van der Waals surface area contributed by atoms with Gasteiger partial charge in [0.25, 0.3) is 0 Å². The Hall–Kier alpha value is -0.530. The molecule has 50 valence electrons. The first-order valence-corrected chi connectivity index (χ1v) is 3.67. The van der Waals surface area contributed by atoms with Gasteiger partial charge < -0.3 is 4.90 Å². The van der Waals surface area contributed by atoms with Gasteiger partial charge in [-0.15, -0.1) is 0 Å². The number of fused-ring (bicyclic) bond motifs is 1. The quantitative estimate of drug-likeness (QED) is 0.438. The van der Waals surface area contributed by atoms with E-state index in [-0.39, 0.29) is 0 Å². The number of rotatable bonds is 0. The molecule has 0 aromatic rings. The molecule has 1 fully saturated rings. The van der Waals surface area contributed by atoms with Gasteiger partial charge in [0.1, 0.15) is 5.84 Å². The number of nitrogens with zero attached hydrogens (tertiary/aromatic N) is 2. The van der Waals surface area contributed by atoms with Crippen molar-refractivity contribution < 1.29 is 0 Å². The van der Waals surface area contributed by atoms with Crippen LogP contribution in [-0.4, -0.2) is 30.4 Å².